The van der Waals surface area contributed by atoms with Crippen LogP contribution in [0.3, 0.4) is 0 Å². The lowest BCUT2D eigenvalue weighted by molar-refractivity contribution is -0.122. The van der Waals surface area contributed by atoms with Crippen LogP contribution in [0.1, 0.15) is 24.2 Å². The first-order valence-corrected chi connectivity index (χ1v) is 9.79. The maximum atomic E-state index is 12.6. The van der Waals surface area contributed by atoms with Gasteiger partial charge in [-0.15, -0.1) is 11.3 Å². The van der Waals surface area contributed by atoms with Crippen LogP contribution < -0.4 is 10.1 Å². The highest BCUT2D eigenvalue weighted by Crippen LogP contribution is 2.36. The van der Waals surface area contributed by atoms with Crippen molar-refractivity contribution >= 4 is 28.2 Å². The van der Waals surface area contributed by atoms with Crippen molar-refractivity contribution in [3.8, 4) is 16.2 Å². The van der Waals surface area contributed by atoms with E-state index >= 15 is 0 Å². The summed E-state index contributed by atoms with van der Waals surface area (Å²) < 4.78 is 10.8. The van der Waals surface area contributed by atoms with E-state index in [9.17, 15) is 9.59 Å². The fourth-order valence-electron chi connectivity index (χ4n) is 2.56. The van der Waals surface area contributed by atoms with Crippen LogP contribution in [-0.2, 0) is 9.53 Å². The third kappa shape index (κ3) is 4.78. The minimum atomic E-state index is -0.722. The lowest BCUT2D eigenvalue weighted by Crippen LogP contribution is -2.30. The molecule has 5 nitrogen and oxygen atoms in total. The van der Waals surface area contributed by atoms with E-state index in [1.165, 1.54) is 11.3 Å². The van der Waals surface area contributed by atoms with Crippen LogP contribution in [0, 0.1) is 0 Å². The Bertz CT molecular complexity index is 938. The summed E-state index contributed by atoms with van der Waals surface area (Å²) >= 11 is 1.33. The summed E-state index contributed by atoms with van der Waals surface area (Å²) in [7, 11) is 0. The fourth-order valence-corrected chi connectivity index (χ4v) is 3.61. The molecule has 0 spiro atoms. The first-order valence-electron chi connectivity index (χ1n) is 8.97. The quantitative estimate of drug-likeness (QED) is 0.572. The van der Waals surface area contributed by atoms with Crippen LogP contribution in [-0.4, -0.2) is 24.6 Å². The Balaban J connectivity index is 1.82. The standard InChI is InChI=1S/C22H21NO4S/c1-3-26-22(25)18-14-19(16-10-6-4-7-11-16)28-21(18)23-20(24)15(2)27-17-12-8-5-9-13-17/h4-15H,3H2,1-2H3,(H,23,24)/t15-/m0/s1. The van der Waals surface area contributed by atoms with Crippen LogP contribution in [0.2, 0.25) is 0 Å². The van der Waals surface area contributed by atoms with Crippen LogP contribution in [0.5, 0.6) is 5.75 Å². The third-order valence-electron chi connectivity index (χ3n) is 3.95. The summed E-state index contributed by atoms with van der Waals surface area (Å²) in [6.45, 7) is 3.67. The predicted molar refractivity (Wildman–Crippen MR) is 111 cm³/mol. The van der Waals surface area contributed by atoms with Gasteiger partial charge in [-0.25, -0.2) is 4.79 Å². The minimum absolute atomic E-state index is 0.260. The van der Waals surface area contributed by atoms with Gasteiger partial charge in [-0.1, -0.05) is 48.5 Å². The molecule has 0 aliphatic carbocycles. The number of ether oxygens (including phenoxy) is 2. The lowest BCUT2D eigenvalue weighted by atomic mass is 10.1. The SMILES string of the molecule is CCOC(=O)c1cc(-c2ccccc2)sc1NC(=O)[C@H](C)Oc1ccccc1. The number of carbonyl (C=O) groups is 2. The molecule has 0 saturated heterocycles. The van der Waals surface area contributed by atoms with E-state index in [2.05, 4.69) is 5.32 Å². The number of hydrogen-bond acceptors (Lipinski definition) is 5. The van der Waals surface area contributed by atoms with E-state index in [0.717, 1.165) is 10.4 Å². The van der Waals surface area contributed by atoms with Crippen molar-refractivity contribution in [2.45, 2.75) is 20.0 Å². The molecule has 6 heteroatoms. The Hall–Kier alpha value is -3.12. The molecule has 0 bridgehead atoms. The number of esters is 1. The average Bonchev–Trinajstić information content (AvgIpc) is 3.13. The second-order valence-corrected chi connectivity index (χ2v) is 7.05. The van der Waals surface area contributed by atoms with Gasteiger partial charge in [0, 0.05) is 4.88 Å². The summed E-state index contributed by atoms with van der Waals surface area (Å²) in [6, 6.07) is 20.5. The molecule has 3 aromatic rings. The van der Waals surface area contributed by atoms with Crippen molar-refractivity contribution in [1.82, 2.24) is 0 Å². The number of hydrogen-bond donors (Lipinski definition) is 1. The second-order valence-electron chi connectivity index (χ2n) is 6.00. The number of rotatable bonds is 7. The molecule has 3 rings (SSSR count). The van der Waals surface area contributed by atoms with Gasteiger partial charge in [0.2, 0.25) is 0 Å². The number of nitrogens with one attached hydrogen (secondary N) is 1. The molecule has 0 radical (unpaired) electrons. The van der Waals surface area contributed by atoms with E-state index in [0.29, 0.717) is 16.3 Å². The minimum Gasteiger partial charge on any atom is -0.481 e. The molecule has 144 valence electrons. The van der Waals surface area contributed by atoms with Gasteiger partial charge in [-0.3, -0.25) is 4.79 Å². The topological polar surface area (TPSA) is 64.6 Å². The molecular weight excluding hydrogens is 374 g/mol. The normalized spacial score (nSPS) is 11.5. The molecular formula is C22H21NO4S. The highest BCUT2D eigenvalue weighted by Gasteiger charge is 2.22. The van der Waals surface area contributed by atoms with E-state index in [1.54, 1.807) is 32.0 Å². The van der Waals surface area contributed by atoms with Gasteiger partial charge >= 0.3 is 5.97 Å². The van der Waals surface area contributed by atoms with Crippen LogP contribution >= 0.6 is 11.3 Å². The van der Waals surface area contributed by atoms with Crippen molar-refractivity contribution in [2.24, 2.45) is 0 Å². The number of carbonyl (C=O) groups excluding carboxylic acids is 2. The maximum absolute atomic E-state index is 12.6. The predicted octanol–water partition coefficient (Wildman–Crippen LogP) is 5.00. The molecule has 1 amide bonds. The van der Waals surface area contributed by atoms with Crippen LogP contribution in [0.4, 0.5) is 5.00 Å². The van der Waals surface area contributed by atoms with Crippen molar-refractivity contribution in [2.75, 3.05) is 11.9 Å². The monoisotopic (exact) mass is 395 g/mol. The molecule has 0 fully saturated rings. The molecule has 1 heterocycles. The Labute approximate surface area is 167 Å². The van der Waals surface area contributed by atoms with Crippen molar-refractivity contribution in [3.05, 3.63) is 72.3 Å². The Kier molecular flexibility index (Phi) is 6.45. The molecule has 0 saturated carbocycles. The molecule has 2 aromatic carbocycles. The van der Waals surface area contributed by atoms with E-state index in [4.69, 9.17) is 9.47 Å². The zero-order valence-electron chi connectivity index (χ0n) is 15.7. The van der Waals surface area contributed by atoms with E-state index in [1.807, 2.05) is 48.5 Å². The number of thiophene rings is 1. The highest BCUT2D eigenvalue weighted by molar-refractivity contribution is 7.20. The first-order chi connectivity index (χ1) is 13.6. The van der Waals surface area contributed by atoms with E-state index < -0.39 is 12.1 Å². The Morgan fingerprint density at radius 1 is 1.04 bits per heavy atom. The molecule has 28 heavy (non-hydrogen) atoms. The Morgan fingerprint density at radius 3 is 2.32 bits per heavy atom. The zero-order valence-corrected chi connectivity index (χ0v) is 16.5. The summed E-state index contributed by atoms with van der Waals surface area (Å²) in [5.41, 5.74) is 1.30. The summed E-state index contributed by atoms with van der Waals surface area (Å²) in [4.78, 5) is 25.8. The number of anilines is 1. The van der Waals surface area contributed by atoms with Gasteiger partial charge in [-0.05, 0) is 37.6 Å². The molecule has 1 N–H and O–H groups in total. The van der Waals surface area contributed by atoms with Crippen molar-refractivity contribution < 1.29 is 19.1 Å². The third-order valence-corrected chi connectivity index (χ3v) is 5.05. The van der Waals surface area contributed by atoms with Crippen LogP contribution in [0.25, 0.3) is 10.4 Å². The van der Waals surface area contributed by atoms with Gasteiger partial charge in [-0.2, -0.15) is 0 Å². The van der Waals surface area contributed by atoms with E-state index in [-0.39, 0.29) is 12.5 Å². The van der Waals surface area contributed by atoms with Gasteiger partial charge in [0.15, 0.2) is 6.10 Å². The largest absolute Gasteiger partial charge is 0.481 e. The van der Waals surface area contributed by atoms with Gasteiger partial charge in [0.1, 0.15) is 10.8 Å². The fraction of sp³-hybridized carbons (Fsp3) is 0.182. The van der Waals surface area contributed by atoms with Crippen molar-refractivity contribution in [1.29, 1.82) is 0 Å². The van der Waals surface area contributed by atoms with Gasteiger partial charge in [0.05, 0.1) is 12.2 Å². The maximum Gasteiger partial charge on any atom is 0.341 e. The number of para-hydroxylation sites is 1. The first kappa shape index (κ1) is 19.6. The summed E-state index contributed by atoms with van der Waals surface area (Å²) in [6.07, 6.45) is -0.722. The van der Waals surface area contributed by atoms with Gasteiger partial charge in [0.25, 0.3) is 5.91 Å². The van der Waals surface area contributed by atoms with Crippen LogP contribution in [0.15, 0.2) is 66.7 Å². The molecule has 0 aliphatic rings. The number of amides is 1. The number of benzene rings is 2. The van der Waals surface area contributed by atoms with Crippen molar-refractivity contribution in [3.63, 3.8) is 0 Å². The smallest absolute Gasteiger partial charge is 0.341 e. The summed E-state index contributed by atoms with van der Waals surface area (Å²) in [5.74, 6) is -0.198. The molecule has 0 unspecified atom stereocenters. The summed E-state index contributed by atoms with van der Waals surface area (Å²) in [5, 5.41) is 3.26. The average molecular weight is 395 g/mol. The molecule has 1 aromatic heterocycles. The molecule has 1 atom stereocenters. The Morgan fingerprint density at radius 2 is 1.68 bits per heavy atom. The lowest BCUT2D eigenvalue weighted by Gasteiger charge is -2.14. The second kappa shape index (κ2) is 9.19. The molecule has 0 aliphatic heterocycles. The van der Waals surface area contributed by atoms with Gasteiger partial charge < -0.3 is 14.8 Å². The highest BCUT2D eigenvalue weighted by atomic mass is 32.1. The zero-order chi connectivity index (χ0) is 19.9.